The predicted molar refractivity (Wildman–Crippen MR) is 122 cm³/mol. The second kappa shape index (κ2) is 8.86. The summed E-state index contributed by atoms with van der Waals surface area (Å²) in [4.78, 5) is 28.5. The minimum atomic E-state index is -0.629. The normalized spacial score (nSPS) is 16.3. The van der Waals surface area contributed by atoms with Crippen LogP contribution < -0.4 is 9.47 Å². The molecule has 0 N–H and O–H groups in total. The number of benzene rings is 3. The standard InChI is InChI=1S/C26H24N2O5/c29-24(20-11-13-23(14-12-20)32-22-9-5-2-6-10-22)28-18-26(19-28)17-27(25(30)33-26)15-16-31-21-7-3-1-4-8-21/h1-14H,15-19H2. The van der Waals surface area contributed by atoms with Crippen LogP contribution in [0.1, 0.15) is 10.4 Å². The third kappa shape index (κ3) is 4.62. The van der Waals surface area contributed by atoms with Gasteiger partial charge in [-0.15, -0.1) is 0 Å². The van der Waals surface area contributed by atoms with E-state index in [-0.39, 0.29) is 12.0 Å². The minimum absolute atomic E-state index is 0.0891. The Morgan fingerprint density at radius 3 is 2.09 bits per heavy atom. The van der Waals surface area contributed by atoms with Gasteiger partial charge in [0, 0.05) is 5.56 Å². The van der Waals surface area contributed by atoms with Crippen LogP contribution in [0.4, 0.5) is 4.79 Å². The van der Waals surface area contributed by atoms with Crippen molar-refractivity contribution in [1.82, 2.24) is 9.80 Å². The quantitative estimate of drug-likeness (QED) is 0.546. The van der Waals surface area contributed by atoms with Crippen LogP contribution in [-0.2, 0) is 4.74 Å². The van der Waals surface area contributed by atoms with Crippen molar-refractivity contribution in [3.8, 4) is 17.2 Å². The van der Waals surface area contributed by atoms with Crippen molar-refractivity contribution in [2.45, 2.75) is 5.60 Å². The Labute approximate surface area is 192 Å². The molecule has 3 aromatic rings. The molecule has 7 heteroatoms. The number of amides is 2. The SMILES string of the molecule is O=C1OC2(CN1CCOc1ccccc1)CN(C(=O)c1ccc(Oc3ccccc3)cc1)C2. The summed E-state index contributed by atoms with van der Waals surface area (Å²) < 4.78 is 17.1. The van der Waals surface area contributed by atoms with Crippen LogP contribution in [0.15, 0.2) is 84.9 Å². The number of likely N-dealkylation sites (tertiary alicyclic amines) is 1. The molecule has 2 amide bonds. The maximum absolute atomic E-state index is 12.8. The molecule has 33 heavy (non-hydrogen) atoms. The van der Waals surface area contributed by atoms with Gasteiger partial charge in [0.25, 0.3) is 5.91 Å². The highest BCUT2D eigenvalue weighted by Crippen LogP contribution is 2.33. The molecular formula is C26H24N2O5. The summed E-state index contributed by atoms with van der Waals surface area (Å²) in [6.07, 6.45) is -0.360. The maximum atomic E-state index is 12.8. The van der Waals surface area contributed by atoms with E-state index < -0.39 is 5.60 Å². The van der Waals surface area contributed by atoms with Gasteiger partial charge in [0.05, 0.1) is 26.2 Å². The summed E-state index contributed by atoms with van der Waals surface area (Å²) in [6.45, 7) is 2.05. The van der Waals surface area contributed by atoms with E-state index in [9.17, 15) is 9.59 Å². The highest BCUT2D eigenvalue weighted by Gasteiger charge is 2.54. The zero-order valence-electron chi connectivity index (χ0n) is 18.1. The van der Waals surface area contributed by atoms with Crippen molar-refractivity contribution in [2.75, 3.05) is 32.8 Å². The highest BCUT2D eigenvalue weighted by atomic mass is 16.6. The third-order valence-electron chi connectivity index (χ3n) is 5.74. The molecule has 2 aliphatic heterocycles. The first-order valence-corrected chi connectivity index (χ1v) is 10.9. The van der Waals surface area contributed by atoms with E-state index in [0.717, 1.165) is 11.5 Å². The Bertz CT molecular complexity index is 1110. The Balaban J connectivity index is 1.11. The number of carbonyl (C=O) groups excluding carboxylic acids is 2. The number of nitrogens with zero attached hydrogens (tertiary/aromatic N) is 2. The Hall–Kier alpha value is -4.00. The van der Waals surface area contributed by atoms with Gasteiger partial charge in [-0.05, 0) is 48.5 Å². The Morgan fingerprint density at radius 1 is 0.818 bits per heavy atom. The lowest BCUT2D eigenvalue weighted by molar-refractivity contribution is -0.0582. The monoisotopic (exact) mass is 444 g/mol. The molecule has 0 radical (unpaired) electrons. The summed E-state index contributed by atoms with van der Waals surface area (Å²) in [6, 6.07) is 26.0. The number of hydrogen-bond donors (Lipinski definition) is 0. The Kier molecular flexibility index (Phi) is 5.60. The molecule has 3 aromatic carbocycles. The van der Waals surface area contributed by atoms with Crippen molar-refractivity contribution in [3.05, 3.63) is 90.5 Å². The van der Waals surface area contributed by atoms with Crippen LogP contribution in [-0.4, -0.2) is 60.2 Å². The molecule has 0 unspecified atom stereocenters. The molecule has 0 saturated carbocycles. The first-order valence-electron chi connectivity index (χ1n) is 10.9. The van der Waals surface area contributed by atoms with Gasteiger partial charge in [0.1, 0.15) is 23.9 Å². The van der Waals surface area contributed by atoms with Gasteiger partial charge in [-0.1, -0.05) is 36.4 Å². The van der Waals surface area contributed by atoms with Crippen molar-refractivity contribution in [2.24, 2.45) is 0 Å². The van der Waals surface area contributed by atoms with E-state index >= 15 is 0 Å². The molecule has 0 aliphatic carbocycles. The number of hydrogen-bond acceptors (Lipinski definition) is 5. The second-order valence-corrected chi connectivity index (χ2v) is 8.23. The van der Waals surface area contributed by atoms with Gasteiger partial charge < -0.3 is 24.0 Å². The van der Waals surface area contributed by atoms with E-state index in [0.29, 0.717) is 44.1 Å². The second-order valence-electron chi connectivity index (χ2n) is 8.23. The molecule has 0 bridgehead atoms. The zero-order chi connectivity index (χ0) is 22.7. The molecule has 7 nitrogen and oxygen atoms in total. The molecule has 1 spiro atoms. The van der Waals surface area contributed by atoms with Crippen LogP contribution in [0.3, 0.4) is 0 Å². The lowest BCUT2D eigenvalue weighted by Crippen LogP contribution is -2.65. The smallest absolute Gasteiger partial charge is 0.410 e. The van der Waals surface area contributed by atoms with Crippen molar-refractivity contribution >= 4 is 12.0 Å². The van der Waals surface area contributed by atoms with Gasteiger partial charge in [-0.2, -0.15) is 0 Å². The van der Waals surface area contributed by atoms with Gasteiger partial charge in [0.2, 0.25) is 0 Å². The molecule has 5 rings (SSSR count). The number of para-hydroxylation sites is 2. The van der Waals surface area contributed by atoms with Crippen LogP contribution >= 0.6 is 0 Å². The van der Waals surface area contributed by atoms with E-state index in [1.165, 1.54) is 0 Å². The minimum Gasteiger partial charge on any atom is -0.492 e. The fourth-order valence-corrected chi connectivity index (χ4v) is 4.09. The fraction of sp³-hybridized carbons (Fsp3) is 0.231. The number of rotatable bonds is 7. The number of carbonyl (C=O) groups is 2. The van der Waals surface area contributed by atoms with E-state index in [1.807, 2.05) is 60.7 Å². The molecular weight excluding hydrogens is 420 g/mol. The summed E-state index contributed by atoms with van der Waals surface area (Å²) >= 11 is 0. The average Bonchev–Trinajstić information content (AvgIpc) is 3.16. The van der Waals surface area contributed by atoms with Gasteiger partial charge in [-0.25, -0.2) is 4.79 Å². The molecule has 0 atom stereocenters. The maximum Gasteiger partial charge on any atom is 0.410 e. The first kappa shape index (κ1) is 20.9. The summed E-state index contributed by atoms with van der Waals surface area (Å²) in [5.74, 6) is 2.08. The zero-order valence-corrected chi connectivity index (χ0v) is 18.1. The molecule has 2 aliphatic rings. The van der Waals surface area contributed by atoms with Crippen molar-refractivity contribution < 1.29 is 23.8 Å². The molecule has 168 valence electrons. The van der Waals surface area contributed by atoms with Gasteiger partial charge in [-0.3, -0.25) is 4.79 Å². The lowest BCUT2D eigenvalue weighted by Gasteiger charge is -2.45. The molecule has 2 saturated heterocycles. The summed E-state index contributed by atoms with van der Waals surface area (Å²) in [7, 11) is 0. The summed E-state index contributed by atoms with van der Waals surface area (Å²) in [5, 5.41) is 0. The van der Waals surface area contributed by atoms with E-state index in [2.05, 4.69) is 0 Å². The number of ether oxygens (including phenoxy) is 3. The average molecular weight is 444 g/mol. The van der Waals surface area contributed by atoms with Crippen LogP contribution in [0.25, 0.3) is 0 Å². The van der Waals surface area contributed by atoms with Crippen molar-refractivity contribution in [3.63, 3.8) is 0 Å². The Morgan fingerprint density at radius 2 is 1.42 bits per heavy atom. The van der Waals surface area contributed by atoms with E-state index in [1.54, 1.807) is 34.1 Å². The van der Waals surface area contributed by atoms with Crippen LogP contribution in [0.2, 0.25) is 0 Å². The topological polar surface area (TPSA) is 68.3 Å². The largest absolute Gasteiger partial charge is 0.492 e. The van der Waals surface area contributed by atoms with E-state index in [4.69, 9.17) is 14.2 Å². The highest BCUT2D eigenvalue weighted by molar-refractivity contribution is 5.95. The van der Waals surface area contributed by atoms with Crippen molar-refractivity contribution in [1.29, 1.82) is 0 Å². The van der Waals surface area contributed by atoms with Gasteiger partial charge in [0.15, 0.2) is 5.60 Å². The summed E-state index contributed by atoms with van der Waals surface area (Å²) in [5.41, 5.74) is -0.0572. The first-order chi connectivity index (χ1) is 16.1. The lowest BCUT2D eigenvalue weighted by atomic mass is 9.93. The fourth-order valence-electron chi connectivity index (χ4n) is 4.09. The van der Waals surface area contributed by atoms with Gasteiger partial charge >= 0.3 is 6.09 Å². The molecule has 0 aromatic heterocycles. The predicted octanol–water partition coefficient (Wildman–Crippen LogP) is 4.20. The van der Waals surface area contributed by atoms with Crippen LogP contribution in [0.5, 0.6) is 17.2 Å². The third-order valence-corrected chi connectivity index (χ3v) is 5.74. The molecule has 2 heterocycles. The molecule has 2 fully saturated rings. The van der Waals surface area contributed by atoms with Crippen LogP contribution in [0, 0.1) is 0 Å².